The molecule has 1 aliphatic rings. The highest BCUT2D eigenvalue weighted by Gasteiger charge is 2.26. The van der Waals surface area contributed by atoms with E-state index in [0.717, 1.165) is 24.2 Å². The van der Waals surface area contributed by atoms with E-state index in [-0.39, 0.29) is 5.91 Å². The van der Waals surface area contributed by atoms with Gasteiger partial charge in [-0.2, -0.15) is 0 Å². The smallest absolute Gasteiger partial charge is 0.260 e. The standard InChI is InChI=1S/C15H22N2O3/c1-10(15(18)17-12-4-5-12)20-14-7-6-13(19-3)8-11(14)9-16-2/h6-8,10,12,16H,4-5,9H2,1-3H3,(H,17,18). The van der Waals surface area contributed by atoms with Crippen molar-refractivity contribution in [3.05, 3.63) is 23.8 Å². The van der Waals surface area contributed by atoms with E-state index < -0.39 is 6.10 Å². The molecule has 0 aromatic heterocycles. The van der Waals surface area contributed by atoms with Gasteiger partial charge in [0.05, 0.1) is 7.11 Å². The third-order valence-electron chi connectivity index (χ3n) is 3.23. The fourth-order valence-electron chi connectivity index (χ4n) is 1.92. The first-order chi connectivity index (χ1) is 9.63. The van der Waals surface area contributed by atoms with Crippen LogP contribution >= 0.6 is 0 Å². The first-order valence-electron chi connectivity index (χ1n) is 6.92. The normalized spacial score (nSPS) is 15.6. The number of methoxy groups -OCH3 is 1. The number of benzene rings is 1. The molecule has 0 bridgehead atoms. The molecule has 2 N–H and O–H groups in total. The molecule has 110 valence electrons. The minimum absolute atomic E-state index is 0.0567. The lowest BCUT2D eigenvalue weighted by Gasteiger charge is -2.17. The van der Waals surface area contributed by atoms with Crippen LogP contribution in [0.1, 0.15) is 25.3 Å². The van der Waals surface area contributed by atoms with Gasteiger partial charge in [0.1, 0.15) is 11.5 Å². The van der Waals surface area contributed by atoms with Gasteiger partial charge >= 0.3 is 0 Å². The van der Waals surface area contributed by atoms with Crippen molar-refractivity contribution in [1.82, 2.24) is 10.6 Å². The Kier molecular flexibility index (Phi) is 4.84. The molecular weight excluding hydrogens is 256 g/mol. The Balaban J connectivity index is 2.04. The molecule has 20 heavy (non-hydrogen) atoms. The molecule has 1 saturated carbocycles. The predicted molar refractivity (Wildman–Crippen MR) is 77.0 cm³/mol. The molecule has 0 radical (unpaired) electrons. The van der Waals surface area contributed by atoms with E-state index in [1.54, 1.807) is 14.0 Å². The fourth-order valence-corrected chi connectivity index (χ4v) is 1.92. The number of rotatable bonds is 7. The molecule has 1 aromatic carbocycles. The highest BCUT2D eigenvalue weighted by Crippen LogP contribution is 2.25. The number of hydrogen-bond acceptors (Lipinski definition) is 4. The van der Waals surface area contributed by atoms with Crippen LogP contribution in [-0.2, 0) is 11.3 Å². The van der Waals surface area contributed by atoms with E-state index in [1.165, 1.54) is 0 Å². The van der Waals surface area contributed by atoms with Crippen LogP contribution in [0.5, 0.6) is 11.5 Å². The molecule has 2 rings (SSSR count). The summed E-state index contributed by atoms with van der Waals surface area (Å²) in [6.45, 7) is 2.43. The van der Waals surface area contributed by atoms with Gasteiger partial charge in [0.25, 0.3) is 5.91 Å². The lowest BCUT2D eigenvalue weighted by Crippen LogP contribution is -2.37. The first-order valence-corrected chi connectivity index (χ1v) is 6.92. The van der Waals surface area contributed by atoms with Crippen LogP contribution in [0.25, 0.3) is 0 Å². The molecular formula is C15H22N2O3. The van der Waals surface area contributed by atoms with Gasteiger partial charge in [0.2, 0.25) is 0 Å². The van der Waals surface area contributed by atoms with Gasteiger partial charge in [-0.3, -0.25) is 4.79 Å². The van der Waals surface area contributed by atoms with Crippen molar-refractivity contribution in [3.63, 3.8) is 0 Å². The Morgan fingerprint density at radius 1 is 1.45 bits per heavy atom. The minimum Gasteiger partial charge on any atom is -0.497 e. The van der Waals surface area contributed by atoms with E-state index in [9.17, 15) is 4.79 Å². The molecule has 1 amide bonds. The number of ether oxygens (including phenoxy) is 2. The van der Waals surface area contributed by atoms with Crippen LogP contribution in [-0.4, -0.2) is 32.2 Å². The largest absolute Gasteiger partial charge is 0.497 e. The Labute approximate surface area is 119 Å². The van der Waals surface area contributed by atoms with Crippen molar-refractivity contribution >= 4 is 5.91 Å². The Hall–Kier alpha value is -1.75. The lowest BCUT2D eigenvalue weighted by atomic mass is 10.2. The molecule has 1 unspecified atom stereocenters. The third-order valence-corrected chi connectivity index (χ3v) is 3.23. The van der Waals surface area contributed by atoms with Gasteiger partial charge in [-0.25, -0.2) is 0 Å². The van der Waals surface area contributed by atoms with Crippen molar-refractivity contribution in [3.8, 4) is 11.5 Å². The monoisotopic (exact) mass is 278 g/mol. The third kappa shape index (κ3) is 3.87. The minimum atomic E-state index is -0.500. The van der Waals surface area contributed by atoms with E-state index in [2.05, 4.69) is 10.6 Å². The maximum absolute atomic E-state index is 11.9. The van der Waals surface area contributed by atoms with Gasteiger partial charge in [-0.05, 0) is 45.0 Å². The average Bonchev–Trinajstić information content (AvgIpc) is 3.24. The number of hydrogen-bond donors (Lipinski definition) is 2. The van der Waals surface area contributed by atoms with E-state index >= 15 is 0 Å². The second-order valence-corrected chi connectivity index (χ2v) is 5.05. The topological polar surface area (TPSA) is 59.6 Å². The van der Waals surface area contributed by atoms with Gasteiger partial charge in [-0.1, -0.05) is 0 Å². The number of carbonyl (C=O) groups excluding carboxylic acids is 1. The number of nitrogens with one attached hydrogen (secondary N) is 2. The summed E-state index contributed by atoms with van der Waals surface area (Å²) in [7, 11) is 3.50. The number of carbonyl (C=O) groups is 1. The quantitative estimate of drug-likeness (QED) is 0.793. The zero-order chi connectivity index (χ0) is 14.5. The summed E-state index contributed by atoms with van der Waals surface area (Å²) in [5.41, 5.74) is 0.970. The number of amides is 1. The summed E-state index contributed by atoms with van der Waals surface area (Å²) in [5, 5.41) is 6.03. The van der Waals surface area contributed by atoms with E-state index in [0.29, 0.717) is 18.3 Å². The summed E-state index contributed by atoms with van der Waals surface area (Å²) in [4.78, 5) is 11.9. The molecule has 1 fully saturated rings. The Morgan fingerprint density at radius 2 is 2.20 bits per heavy atom. The summed E-state index contributed by atoms with van der Waals surface area (Å²) in [6, 6.07) is 5.94. The lowest BCUT2D eigenvalue weighted by molar-refractivity contribution is -0.127. The van der Waals surface area contributed by atoms with Crippen LogP contribution in [0.2, 0.25) is 0 Å². The van der Waals surface area contributed by atoms with Gasteiger partial charge in [-0.15, -0.1) is 0 Å². The van der Waals surface area contributed by atoms with Crippen LogP contribution in [0.3, 0.4) is 0 Å². The second-order valence-electron chi connectivity index (χ2n) is 5.05. The average molecular weight is 278 g/mol. The fraction of sp³-hybridized carbons (Fsp3) is 0.533. The zero-order valence-corrected chi connectivity index (χ0v) is 12.2. The summed E-state index contributed by atoms with van der Waals surface area (Å²) in [5.74, 6) is 1.43. The molecule has 0 saturated heterocycles. The maximum Gasteiger partial charge on any atom is 0.260 e. The predicted octanol–water partition coefficient (Wildman–Crippen LogP) is 1.46. The maximum atomic E-state index is 11.9. The second kappa shape index (κ2) is 6.61. The SMILES string of the molecule is CNCc1cc(OC)ccc1OC(C)C(=O)NC1CC1. The highest BCUT2D eigenvalue weighted by atomic mass is 16.5. The van der Waals surface area contributed by atoms with E-state index in [1.807, 2.05) is 25.2 Å². The van der Waals surface area contributed by atoms with Crippen LogP contribution in [0, 0.1) is 0 Å². The van der Waals surface area contributed by atoms with Crippen molar-refractivity contribution < 1.29 is 14.3 Å². The van der Waals surface area contributed by atoms with Gasteiger partial charge < -0.3 is 20.1 Å². The Bertz CT molecular complexity index is 472. The van der Waals surface area contributed by atoms with Crippen molar-refractivity contribution in [2.24, 2.45) is 0 Å². The van der Waals surface area contributed by atoms with Crippen molar-refractivity contribution in [2.45, 2.75) is 38.5 Å². The first kappa shape index (κ1) is 14.7. The Morgan fingerprint density at radius 3 is 2.80 bits per heavy atom. The summed E-state index contributed by atoms with van der Waals surface area (Å²) >= 11 is 0. The molecule has 1 aromatic rings. The molecule has 0 heterocycles. The molecule has 1 atom stereocenters. The summed E-state index contributed by atoms with van der Waals surface area (Å²) < 4.78 is 11.0. The van der Waals surface area contributed by atoms with Crippen molar-refractivity contribution in [1.29, 1.82) is 0 Å². The zero-order valence-electron chi connectivity index (χ0n) is 12.2. The molecule has 1 aliphatic carbocycles. The van der Waals surface area contributed by atoms with Crippen molar-refractivity contribution in [2.75, 3.05) is 14.2 Å². The molecule has 5 heteroatoms. The highest BCUT2D eigenvalue weighted by molar-refractivity contribution is 5.81. The van der Waals surface area contributed by atoms with Gasteiger partial charge in [0.15, 0.2) is 6.10 Å². The van der Waals surface area contributed by atoms with Crippen LogP contribution in [0.15, 0.2) is 18.2 Å². The molecule has 5 nitrogen and oxygen atoms in total. The van der Waals surface area contributed by atoms with E-state index in [4.69, 9.17) is 9.47 Å². The van der Waals surface area contributed by atoms with Crippen LogP contribution in [0.4, 0.5) is 0 Å². The molecule has 0 aliphatic heterocycles. The van der Waals surface area contributed by atoms with Crippen LogP contribution < -0.4 is 20.1 Å². The molecule has 0 spiro atoms. The summed E-state index contributed by atoms with van der Waals surface area (Å²) in [6.07, 6.45) is 1.65. The van der Waals surface area contributed by atoms with Gasteiger partial charge in [0, 0.05) is 18.2 Å².